The Balaban J connectivity index is 1.79. The van der Waals surface area contributed by atoms with Gasteiger partial charge in [-0.1, -0.05) is 33.8 Å². The second-order valence-corrected chi connectivity index (χ2v) is 11.5. The number of nitrogens with two attached hydrogens (primary N) is 1. The molecule has 1 saturated carbocycles. The first-order chi connectivity index (χ1) is 17.5. The molecule has 0 saturated heterocycles. The van der Waals surface area contributed by atoms with E-state index in [1.165, 1.54) is 12.1 Å². The lowest BCUT2D eigenvalue weighted by Crippen LogP contribution is -2.67. The van der Waals surface area contributed by atoms with Crippen LogP contribution in [0.15, 0.2) is 23.5 Å². The summed E-state index contributed by atoms with van der Waals surface area (Å²) in [5, 5.41) is 57.5. The van der Waals surface area contributed by atoms with E-state index in [1.54, 1.807) is 6.92 Å². The Bertz CT molecular complexity index is 1270. The maximum Gasteiger partial charge on any atom is 0.411 e. The van der Waals surface area contributed by atoms with Crippen molar-refractivity contribution in [3.8, 4) is 5.75 Å². The molecule has 0 spiro atoms. The van der Waals surface area contributed by atoms with Crippen molar-refractivity contribution in [1.82, 2.24) is 0 Å². The van der Waals surface area contributed by atoms with Gasteiger partial charge in [-0.2, -0.15) is 0 Å². The third-order valence-electron chi connectivity index (χ3n) is 7.70. The molecule has 206 valence electrons. The molecular weight excluding hydrogens is 500 g/mol. The number of rotatable bonds is 3. The molecular formula is C26H32N2O10. The highest BCUT2D eigenvalue weighted by Gasteiger charge is 2.66. The summed E-state index contributed by atoms with van der Waals surface area (Å²) in [5.41, 5.74) is 1.40. The smallest absolute Gasteiger partial charge is 0.411 e. The molecule has 4 rings (SSSR count). The Hall–Kier alpha value is -3.48. The van der Waals surface area contributed by atoms with Crippen molar-refractivity contribution < 1.29 is 49.4 Å². The summed E-state index contributed by atoms with van der Waals surface area (Å²) in [6.07, 6.45) is -4.51. The van der Waals surface area contributed by atoms with E-state index in [0.717, 1.165) is 0 Å². The van der Waals surface area contributed by atoms with E-state index < -0.39 is 88.6 Å². The molecule has 8 N–H and O–H groups in total. The molecule has 38 heavy (non-hydrogen) atoms. The minimum Gasteiger partial charge on any atom is -0.508 e. The highest BCUT2D eigenvalue weighted by molar-refractivity contribution is 6.16. The number of hydrogen-bond donors (Lipinski definition) is 7. The molecule has 0 aliphatic heterocycles. The van der Waals surface area contributed by atoms with Crippen LogP contribution in [0.2, 0.25) is 0 Å². The van der Waals surface area contributed by atoms with Crippen LogP contribution in [0.25, 0.3) is 0 Å². The van der Waals surface area contributed by atoms with E-state index in [1.807, 2.05) is 20.8 Å². The quantitative estimate of drug-likeness (QED) is 0.215. The highest BCUT2D eigenvalue weighted by atomic mass is 16.5. The van der Waals surface area contributed by atoms with Crippen molar-refractivity contribution in [2.75, 3.05) is 11.9 Å². The second-order valence-electron chi connectivity index (χ2n) is 11.5. The standard InChI is InChI=1S/C26H32N2O10/c1-9-10-5-6-12(28-24(36)38-8-25(2,3)4)19(31)15(10)20(32)17-14(9)18(30)11-7-13(29)16(23(27)35)21(33)26(11,37)22(17)34/h5-6,9,11,13-14,16,18,29-31,34,37H,7-8H2,1-4H3,(H2,27,35)(H,28,36)/t9-,11+,13?,14+,16?,18+,26+/m0/s1. The second kappa shape index (κ2) is 9.07. The van der Waals surface area contributed by atoms with E-state index in [0.29, 0.717) is 5.56 Å². The molecule has 0 radical (unpaired) electrons. The third-order valence-corrected chi connectivity index (χ3v) is 7.70. The van der Waals surface area contributed by atoms with Gasteiger partial charge in [-0.3, -0.25) is 19.7 Å². The van der Waals surface area contributed by atoms with Crippen LogP contribution in [0, 0.1) is 23.2 Å². The average molecular weight is 533 g/mol. The Labute approximate surface area is 218 Å². The maximum absolute atomic E-state index is 13.7. The molecule has 1 aromatic carbocycles. The first kappa shape index (κ1) is 27.6. The molecule has 3 aliphatic carbocycles. The number of phenolic OH excluding ortho intramolecular Hbond substituents is 1. The average Bonchev–Trinajstić information content (AvgIpc) is 2.81. The number of ketones is 2. The molecule has 7 atom stereocenters. The van der Waals surface area contributed by atoms with Gasteiger partial charge in [-0.05, 0) is 29.4 Å². The van der Waals surface area contributed by atoms with Crippen LogP contribution in [0.1, 0.15) is 56.0 Å². The molecule has 2 amide bonds. The van der Waals surface area contributed by atoms with Gasteiger partial charge in [0.05, 0.1) is 30.1 Å². The summed E-state index contributed by atoms with van der Waals surface area (Å²) in [6, 6.07) is 2.84. The summed E-state index contributed by atoms with van der Waals surface area (Å²) in [7, 11) is 0. The van der Waals surface area contributed by atoms with Gasteiger partial charge in [0, 0.05) is 17.4 Å². The van der Waals surface area contributed by atoms with E-state index in [4.69, 9.17) is 10.5 Å². The van der Waals surface area contributed by atoms with Crippen LogP contribution < -0.4 is 11.1 Å². The van der Waals surface area contributed by atoms with Gasteiger partial charge in [0.2, 0.25) is 5.91 Å². The van der Waals surface area contributed by atoms with Crippen LogP contribution >= 0.6 is 0 Å². The van der Waals surface area contributed by atoms with Gasteiger partial charge >= 0.3 is 6.09 Å². The number of carbonyl (C=O) groups excluding carboxylic acids is 4. The number of Topliss-reactive ketones (excluding diaryl/α,β-unsaturated/α-hetero) is 2. The number of ether oxygens (including phenoxy) is 1. The van der Waals surface area contributed by atoms with Crippen LogP contribution in [0.3, 0.4) is 0 Å². The number of nitrogens with one attached hydrogen (secondary N) is 1. The van der Waals surface area contributed by atoms with Crippen molar-refractivity contribution in [2.24, 2.45) is 28.9 Å². The fourth-order valence-electron chi connectivity index (χ4n) is 5.83. The number of carbonyl (C=O) groups is 4. The molecule has 0 heterocycles. The number of fused-ring (bicyclic) bond motifs is 3. The van der Waals surface area contributed by atoms with E-state index >= 15 is 0 Å². The predicted molar refractivity (Wildman–Crippen MR) is 131 cm³/mol. The minimum absolute atomic E-state index is 0.0790. The monoisotopic (exact) mass is 532 g/mol. The first-order valence-electron chi connectivity index (χ1n) is 12.2. The number of amides is 2. The number of phenols is 1. The number of hydrogen-bond acceptors (Lipinski definition) is 10. The summed E-state index contributed by atoms with van der Waals surface area (Å²) in [5.74, 6) is -10.4. The molecule has 2 unspecified atom stereocenters. The lowest BCUT2D eigenvalue weighted by molar-refractivity contribution is -0.179. The SMILES string of the molecule is C[C@H]1c2ccc(NC(=O)OCC(C)(C)C)c(O)c2C(=O)C2=C(O)[C@]3(O)C(=O)C(C(N)=O)C(O)C[C@@H]3[C@@H](O)[C@@H]21. The third kappa shape index (κ3) is 4.03. The van der Waals surface area contributed by atoms with Crippen molar-refractivity contribution in [1.29, 1.82) is 0 Å². The zero-order valence-electron chi connectivity index (χ0n) is 21.4. The van der Waals surface area contributed by atoms with Crippen LogP contribution in [0.4, 0.5) is 10.5 Å². The molecule has 1 fully saturated rings. The lowest BCUT2D eigenvalue weighted by Gasteiger charge is -2.52. The number of benzene rings is 1. The maximum atomic E-state index is 13.7. The summed E-state index contributed by atoms with van der Waals surface area (Å²) in [4.78, 5) is 50.9. The van der Waals surface area contributed by atoms with Gasteiger partial charge in [0.15, 0.2) is 22.9 Å². The van der Waals surface area contributed by atoms with Gasteiger partial charge in [-0.25, -0.2) is 4.79 Å². The Morgan fingerprint density at radius 2 is 1.82 bits per heavy atom. The number of aliphatic hydroxyl groups is 4. The summed E-state index contributed by atoms with van der Waals surface area (Å²) >= 11 is 0. The predicted octanol–water partition coefficient (Wildman–Crippen LogP) is 0.872. The highest BCUT2D eigenvalue weighted by Crippen LogP contribution is 2.55. The van der Waals surface area contributed by atoms with E-state index in [-0.39, 0.29) is 23.3 Å². The Morgan fingerprint density at radius 1 is 1.18 bits per heavy atom. The first-order valence-corrected chi connectivity index (χ1v) is 12.2. The van der Waals surface area contributed by atoms with Crippen LogP contribution in [-0.4, -0.2) is 73.5 Å². The number of aromatic hydroxyl groups is 1. The van der Waals surface area contributed by atoms with Crippen molar-refractivity contribution in [3.05, 3.63) is 34.6 Å². The minimum atomic E-state index is -2.86. The van der Waals surface area contributed by atoms with Crippen molar-refractivity contribution >= 4 is 29.3 Å². The molecule has 1 aromatic rings. The largest absolute Gasteiger partial charge is 0.508 e. The molecule has 12 nitrogen and oxygen atoms in total. The Kier molecular flexibility index (Phi) is 6.58. The van der Waals surface area contributed by atoms with E-state index in [9.17, 15) is 44.7 Å². The zero-order valence-corrected chi connectivity index (χ0v) is 21.4. The number of primary amides is 1. The lowest BCUT2D eigenvalue weighted by atomic mass is 9.54. The number of anilines is 1. The van der Waals surface area contributed by atoms with Gasteiger partial charge in [-0.15, -0.1) is 0 Å². The van der Waals surface area contributed by atoms with Crippen LogP contribution in [-0.2, 0) is 14.3 Å². The number of aliphatic hydroxyl groups excluding tert-OH is 3. The van der Waals surface area contributed by atoms with Crippen LogP contribution in [0.5, 0.6) is 5.75 Å². The molecule has 0 aromatic heterocycles. The fraction of sp³-hybridized carbons (Fsp3) is 0.538. The normalized spacial score (nSPS) is 32.7. The van der Waals surface area contributed by atoms with Crippen molar-refractivity contribution in [3.63, 3.8) is 0 Å². The fourth-order valence-corrected chi connectivity index (χ4v) is 5.83. The Morgan fingerprint density at radius 3 is 2.39 bits per heavy atom. The molecule has 0 bridgehead atoms. The zero-order chi connectivity index (χ0) is 28.5. The van der Waals surface area contributed by atoms with Gasteiger partial charge in [0.25, 0.3) is 0 Å². The summed E-state index contributed by atoms with van der Waals surface area (Å²) < 4.78 is 5.14. The van der Waals surface area contributed by atoms with Crippen molar-refractivity contribution in [2.45, 2.75) is 57.8 Å². The van der Waals surface area contributed by atoms with Gasteiger partial charge in [0.1, 0.15) is 11.7 Å². The molecule has 3 aliphatic rings. The van der Waals surface area contributed by atoms with Gasteiger partial charge < -0.3 is 36.0 Å². The van der Waals surface area contributed by atoms with E-state index in [2.05, 4.69) is 5.32 Å². The summed E-state index contributed by atoms with van der Waals surface area (Å²) in [6.45, 7) is 7.26. The topological polar surface area (TPSA) is 217 Å². The molecule has 12 heteroatoms.